The molecule has 1 unspecified atom stereocenters. The van der Waals surface area contributed by atoms with Gasteiger partial charge in [0, 0.05) is 12.4 Å². The summed E-state index contributed by atoms with van der Waals surface area (Å²) >= 11 is 0. The Kier molecular flexibility index (Phi) is 5.08. The van der Waals surface area contributed by atoms with Crippen LogP contribution in [0.15, 0.2) is 23.7 Å². The Morgan fingerprint density at radius 2 is 2.35 bits per heavy atom. The van der Waals surface area contributed by atoms with Crippen LogP contribution < -0.4 is 5.32 Å². The van der Waals surface area contributed by atoms with E-state index in [0.717, 1.165) is 25.7 Å². The second-order valence-electron chi connectivity index (χ2n) is 3.84. The van der Waals surface area contributed by atoms with E-state index in [1.807, 2.05) is 0 Å². The Morgan fingerprint density at radius 1 is 1.59 bits per heavy atom. The molecule has 0 radical (unpaired) electrons. The van der Waals surface area contributed by atoms with Crippen LogP contribution in [0, 0.1) is 17.2 Å². The van der Waals surface area contributed by atoms with Gasteiger partial charge < -0.3 is 15.2 Å². The smallest absolute Gasteiger partial charge is 0.449 e. The van der Waals surface area contributed by atoms with Crippen LogP contribution in [0.2, 0.25) is 0 Å². The van der Waals surface area contributed by atoms with E-state index in [4.69, 9.17) is 10.4 Å². The van der Waals surface area contributed by atoms with E-state index in [1.54, 1.807) is 6.20 Å². The molecule has 5 nitrogen and oxygen atoms in total. The van der Waals surface area contributed by atoms with Gasteiger partial charge in [-0.15, -0.1) is 0 Å². The van der Waals surface area contributed by atoms with Crippen molar-refractivity contribution in [2.75, 3.05) is 0 Å². The molecule has 5 heteroatoms. The van der Waals surface area contributed by atoms with Crippen molar-refractivity contribution in [3.8, 4) is 6.07 Å². The van der Waals surface area contributed by atoms with E-state index in [-0.39, 0.29) is 5.92 Å². The fourth-order valence-electron chi connectivity index (χ4n) is 1.78. The van der Waals surface area contributed by atoms with Gasteiger partial charge in [-0.2, -0.15) is 5.26 Å². The van der Waals surface area contributed by atoms with Gasteiger partial charge in [-0.1, -0.05) is 26.2 Å². The molecular weight excluding hydrogens is 220 g/mol. The standard InChI is InChI=1S/C12H16N2O3/c1-2-3-4-5-10-9(6-13)7-14-8-11(10)17-12(15)16/h7-8,10,14H,2-5H2,1H3,(H,15,16). The van der Waals surface area contributed by atoms with Gasteiger partial charge in [-0.25, -0.2) is 4.79 Å². The van der Waals surface area contributed by atoms with Gasteiger partial charge in [-0.05, 0) is 6.42 Å². The Balaban J connectivity index is 2.70. The number of nitriles is 1. The largest absolute Gasteiger partial charge is 0.511 e. The maximum absolute atomic E-state index is 10.5. The van der Waals surface area contributed by atoms with Gasteiger partial charge in [0.05, 0.1) is 17.6 Å². The van der Waals surface area contributed by atoms with E-state index in [9.17, 15) is 4.79 Å². The molecule has 0 aromatic heterocycles. The zero-order valence-electron chi connectivity index (χ0n) is 9.77. The van der Waals surface area contributed by atoms with E-state index in [1.165, 1.54) is 6.20 Å². The lowest BCUT2D eigenvalue weighted by molar-refractivity contribution is 0.110. The Bertz CT molecular complexity index is 380. The number of carboxylic acid groups (broad SMARTS) is 1. The van der Waals surface area contributed by atoms with Crippen molar-refractivity contribution in [2.24, 2.45) is 5.92 Å². The summed E-state index contributed by atoms with van der Waals surface area (Å²) in [6.07, 6.45) is 5.54. The highest BCUT2D eigenvalue weighted by molar-refractivity contribution is 5.59. The number of nitrogens with zero attached hydrogens (tertiary/aromatic N) is 1. The highest BCUT2D eigenvalue weighted by Gasteiger charge is 2.25. The zero-order chi connectivity index (χ0) is 12.7. The first-order chi connectivity index (χ1) is 8.19. The molecule has 2 N–H and O–H groups in total. The Morgan fingerprint density at radius 3 is 2.94 bits per heavy atom. The van der Waals surface area contributed by atoms with Gasteiger partial charge in [0.15, 0.2) is 0 Å². The molecule has 0 aliphatic carbocycles. The third-order valence-corrected chi connectivity index (χ3v) is 2.61. The van der Waals surface area contributed by atoms with Crippen LogP contribution >= 0.6 is 0 Å². The van der Waals surface area contributed by atoms with Crippen molar-refractivity contribution in [3.05, 3.63) is 23.7 Å². The summed E-state index contributed by atoms with van der Waals surface area (Å²) < 4.78 is 4.69. The molecule has 0 aromatic carbocycles. The number of unbranched alkanes of at least 4 members (excludes halogenated alkanes) is 2. The lowest BCUT2D eigenvalue weighted by Gasteiger charge is -2.21. The van der Waals surface area contributed by atoms with Gasteiger partial charge >= 0.3 is 6.16 Å². The number of ether oxygens (including phenoxy) is 1. The summed E-state index contributed by atoms with van der Waals surface area (Å²) in [5.74, 6) is 0.0524. The molecule has 1 heterocycles. The topological polar surface area (TPSA) is 82.3 Å². The van der Waals surface area contributed by atoms with Crippen molar-refractivity contribution >= 4 is 6.16 Å². The average Bonchev–Trinajstić information content (AvgIpc) is 2.30. The molecular formula is C12H16N2O3. The minimum absolute atomic E-state index is 0.246. The first-order valence-electron chi connectivity index (χ1n) is 5.66. The highest BCUT2D eigenvalue weighted by atomic mass is 16.7. The van der Waals surface area contributed by atoms with Crippen molar-refractivity contribution in [1.82, 2.24) is 5.32 Å². The number of hydrogen-bond donors (Lipinski definition) is 2. The first kappa shape index (κ1) is 13.1. The van der Waals surface area contributed by atoms with Crippen LogP contribution in [0.25, 0.3) is 0 Å². The fourth-order valence-corrected chi connectivity index (χ4v) is 1.78. The summed E-state index contributed by atoms with van der Waals surface area (Å²) in [5, 5.41) is 20.3. The van der Waals surface area contributed by atoms with Crippen molar-refractivity contribution in [2.45, 2.75) is 32.6 Å². The number of rotatable bonds is 5. The van der Waals surface area contributed by atoms with E-state index in [0.29, 0.717) is 11.3 Å². The van der Waals surface area contributed by atoms with E-state index < -0.39 is 6.16 Å². The molecule has 1 atom stereocenters. The first-order valence-corrected chi connectivity index (χ1v) is 5.66. The molecule has 1 aliphatic heterocycles. The summed E-state index contributed by atoms with van der Waals surface area (Å²) in [6.45, 7) is 2.09. The van der Waals surface area contributed by atoms with Crippen molar-refractivity contribution < 1.29 is 14.6 Å². The zero-order valence-corrected chi connectivity index (χ0v) is 9.77. The lowest BCUT2D eigenvalue weighted by Crippen LogP contribution is -2.20. The van der Waals surface area contributed by atoms with Gasteiger partial charge in [0.25, 0.3) is 0 Å². The Labute approximate surface area is 100 Å². The van der Waals surface area contributed by atoms with Crippen LogP contribution in [0.1, 0.15) is 32.6 Å². The van der Waals surface area contributed by atoms with Crippen LogP contribution in [-0.2, 0) is 4.74 Å². The van der Waals surface area contributed by atoms with Gasteiger partial charge in [0.1, 0.15) is 5.76 Å². The molecule has 0 saturated carbocycles. The maximum atomic E-state index is 10.5. The molecule has 1 rings (SSSR count). The number of dihydropyridines is 1. The highest BCUT2D eigenvalue weighted by Crippen LogP contribution is 2.28. The average molecular weight is 236 g/mol. The fraction of sp³-hybridized carbons (Fsp3) is 0.500. The normalized spacial score (nSPS) is 18.5. The molecule has 0 fully saturated rings. The summed E-state index contributed by atoms with van der Waals surface area (Å²) in [5.41, 5.74) is 0.514. The van der Waals surface area contributed by atoms with E-state index >= 15 is 0 Å². The SMILES string of the molecule is CCCCCC1C(C#N)=CNC=C1OC(=O)O. The predicted molar refractivity (Wildman–Crippen MR) is 61.7 cm³/mol. The Hall–Kier alpha value is -1.96. The molecule has 1 aliphatic rings. The summed E-state index contributed by atoms with van der Waals surface area (Å²) in [6, 6.07) is 2.07. The second-order valence-corrected chi connectivity index (χ2v) is 3.84. The molecule has 17 heavy (non-hydrogen) atoms. The number of allylic oxidation sites excluding steroid dienone is 1. The molecule has 0 aromatic rings. The van der Waals surface area contributed by atoms with Gasteiger partial charge in [-0.3, -0.25) is 0 Å². The van der Waals surface area contributed by atoms with Crippen LogP contribution in [0.5, 0.6) is 0 Å². The number of hydrogen-bond acceptors (Lipinski definition) is 4. The van der Waals surface area contributed by atoms with Crippen LogP contribution in [0.3, 0.4) is 0 Å². The lowest BCUT2D eigenvalue weighted by atomic mass is 9.91. The van der Waals surface area contributed by atoms with Crippen molar-refractivity contribution in [1.29, 1.82) is 5.26 Å². The third-order valence-electron chi connectivity index (χ3n) is 2.61. The minimum atomic E-state index is -1.35. The maximum Gasteiger partial charge on any atom is 0.511 e. The molecule has 0 amide bonds. The molecule has 0 saturated heterocycles. The minimum Gasteiger partial charge on any atom is -0.449 e. The number of carbonyl (C=O) groups is 1. The van der Waals surface area contributed by atoms with Gasteiger partial charge in [0.2, 0.25) is 0 Å². The summed E-state index contributed by atoms with van der Waals surface area (Å²) in [7, 11) is 0. The third kappa shape index (κ3) is 3.83. The molecule has 92 valence electrons. The summed E-state index contributed by atoms with van der Waals surface area (Å²) in [4.78, 5) is 10.5. The molecule has 0 spiro atoms. The van der Waals surface area contributed by atoms with Crippen molar-refractivity contribution in [3.63, 3.8) is 0 Å². The number of nitrogens with one attached hydrogen (secondary N) is 1. The monoisotopic (exact) mass is 236 g/mol. The van der Waals surface area contributed by atoms with Crippen LogP contribution in [-0.4, -0.2) is 11.3 Å². The molecule has 0 bridgehead atoms. The quantitative estimate of drug-likeness (QED) is 0.566. The van der Waals surface area contributed by atoms with Crippen LogP contribution in [0.4, 0.5) is 4.79 Å². The van der Waals surface area contributed by atoms with E-state index in [2.05, 4.69) is 23.0 Å². The second kappa shape index (κ2) is 6.59. The predicted octanol–water partition coefficient (Wildman–Crippen LogP) is 2.73.